The Labute approximate surface area is 149 Å². The van der Waals surface area contributed by atoms with E-state index in [1.807, 2.05) is 0 Å². The number of anilines is 1. The van der Waals surface area contributed by atoms with Crippen LogP contribution in [0.1, 0.15) is 11.1 Å². The van der Waals surface area contributed by atoms with Gasteiger partial charge in [0, 0.05) is 19.8 Å². The molecule has 0 saturated heterocycles. The number of benzene rings is 2. The number of sulfonamides is 1. The third-order valence-corrected chi connectivity index (χ3v) is 5.33. The van der Waals surface area contributed by atoms with E-state index in [9.17, 15) is 26.4 Å². The van der Waals surface area contributed by atoms with Gasteiger partial charge in [0.2, 0.25) is 15.9 Å². The fourth-order valence-corrected chi connectivity index (χ4v) is 3.14. The highest BCUT2D eigenvalue weighted by Crippen LogP contribution is 2.29. The lowest BCUT2D eigenvalue weighted by molar-refractivity contribution is -0.137. The lowest BCUT2D eigenvalue weighted by Gasteiger charge is -2.13. The minimum Gasteiger partial charge on any atom is -0.326 e. The van der Waals surface area contributed by atoms with Crippen molar-refractivity contribution in [2.24, 2.45) is 0 Å². The van der Waals surface area contributed by atoms with Crippen LogP contribution in [0.4, 0.5) is 18.9 Å². The van der Waals surface area contributed by atoms with Gasteiger partial charge in [0.1, 0.15) is 0 Å². The average molecular weight is 386 g/mol. The molecule has 0 aliphatic heterocycles. The van der Waals surface area contributed by atoms with E-state index in [0.29, 0.717) is 0 Å². The van der Waals surface area contributed by atoms with Gasteiger partial charge >= 0.3 is 6.18 Å². The normalized spacial score (nSPS) is 12.2. The van der Waals surface area contributed by atoms with E-state index in [1.165, 1.54) is 50.5 Å². The first-order valence-electron chi connectivity index (χ1n) is 7.49. The van der Waals surface area contributed by atoms with E-state index in [4.69, 9.17) is 0 Å². The molecule has 2 rings (SSSR count). The van der Waals surface area contributed by atoms with Crippen LogP contribution in [-0.4, -0.2) is 32.7 Å². The van der Waals surface area contributed by atoms with Gasteiger partial charge in [-0.1, -0.05) is 24.3 Å². The monoisotopic (exact) mass is 386 g/mol. The summed E-state index contributed by atoms with van der Waals surface area (Å²) in [5, 5.41) is 2.50. The SMILES string of the molecule is CN(C)S(=O)(=O)c1cccc(NC(=O)Cc2cccc(C(F)(F)F)c2)c1. The fraction of sp³-hybridized carbons (Fsp3) is 0.235. The van der Waals surface area contributed by atoms with E-state index in [-0.39, 0.29) is 22.6 Å². The predicted octanol–water partition coefficient (Wildman–Crippen LogP) is 3.14. The number of rotatable bonds is 5. The topological polar surface area (TPSA) is 66.5 Å². The Bertz CT molecular complexity index is 909. The van der Waals surface area contributed by atoms with Gasteiger partial charge in [-0.15, -0.1) is 0 Å². The molecule has 0 heterocycles. The lowest BCUT2D eigenvalue weighted by atomic mass is 10.1. The largest absolute Gasteiger partial charge is 0.416 e. The van der Waals surface area contributed by atoms with Crippen molar-refractivity contribution in [3.8, 4) is 0 Å². The zero-order chi connectivity index (χ0) is 19.5. The average Bonchev–Trinajstić information content (AvgIpc) is 2.54. The predicted molar refractivity (Wildman–Crippen MR) is 91.1 cm³/mol. The van der Waals surface area contributed by atoms with Crippen LogP contribution in [0.5, 0.6) is 0 Å². The van der Waals surface area contributed by atoms with Gasteiger partial charge in [0.25, 0.3) is 0 Å². The summed E-state index contributed by atoms with van der Waals surface area (Å²) in [6.07, 6.45) is -4.75. The Balaban J connectivity index is 2.14. The van der Waals surface area contributed by atoms with Gasteiger partial charge in [0.05, 0.1) is 16.9 Å². The Morgan fingerprint density at radius 3 is 2.35 bits per heavy atom. The van der Waals surface area contributed by atoms with Crippen LogP contribution < -0.4 is 5.32 Å². The van der Waals surface area contributed by atoms with Crippen molar-refractivity contribution in [2.75, 3.05) is 19.4 Å². The highest BCUT2D eigenvalue weighted by molar-refractivity contribution is 7.89. The Morgan fingerprint density at radius 2 is 1.73 bits per heavy atom. The number of amides is 1. The molecule has 1 N–H and O–H groups in total. The van der Waals surface area contributed by atoms with Gasteiger partial charge < -0.3 is 5.32 Å². The number of carbonyl (C=O) groups excluding carboxylic acids is 1. The molecule has 0 atom stereocenters. The molecule has 2 aromatic carbocycles. The molecular weight excluding hydrogens is 369 g/mol. The maximum Gasteiger partial charge on any atom is 0.416 e. The summed E-state index contributed by atoms with van der Waals surface area (Å²) < 4.78 is 63.4. The van der Waals surface area contributed by atoms with Crippen molar-refractivity contribution in [2.45, 2.75) is 17.5 Å². The Kier molecular flexibility index (Phi) is 5.72. The Morgan fingerprint density at radius 1 is 1.08 bits per heavy atom. The van der Waals surface area contributed by atoms with E-state index in [2.05, 4.69) is 5.32 Å². The summed E-state index contributed by atoms with van der Waals surface area (Å²) in [5.74, 6) is -0.552. The molecule has 0 bridgehead atoms. The molecule has 9 heteroatoms. The molecule has 0 aliphatic rings. The van der Waals surface area contributed by atoms with E-state index >= 15 is 0 Å². The molecule has 0 fully saturated rings. The minimum atomic E-state index is -4.48. The summed E-state index contributed by atoms with van der Waals surface area (Å²) in [5.41, 5.74) is -0.388. The van der Waals surface area contributed by atoms with Crippen LogP contribution in [0.15, 0.2) is 53.4 Å². The maximum absolute atomic E-state index is 12.7. The smallest absolute Gasteiger partial charge is 0.326 e. The van der Waals surface area contributed by atoms with Gasteiger partial charge in [0.15, 0.2) is 0 Å². The number of alkyl halides is 3. The van der Waals surface area contributed by atoms with E-state index < -0.39 is 27.7 Å². The zero-order valence-electron chi connectivity index (χ0n) is 14.0. The number of carbonyl (C=O) groups is 1. The molecule has 0 aliphatic carbocycles. The summed E-state index contributed by atoms with van der Waals surface area (Å²) in [6.45, 7) is 0. The van der Waals surface area contributed by atoms with Crippen LogP contribution in [-0.2, 0) is 27.4 Å². The van der Waals surface area contributed by atoms with Crippen molar-refractivity contribution in [3.63, 3.8) is 0 Å². The van der Waals surface area contributed by atoms with Crippen LogP contribution in [0.25, 0.3) is 0 Å². The number of halogens is 3. The number of hydrogen-bond donors (Lipinski definition) is 1. The van der Waals surface area contributed by atoms with E-state index in [0.717, 1.165) is 16.4 Å². The molecule has 140 valence electrons. The summed E-state index contributed by atoms with van der Waals surface area (Å²) >= 11 is 0. The highest BCUT2D eigenvalue weighted by atomic mass is 32.2. The molecular formula is C17H17F3N2O3S. The molecule has 2 aromatic rings. The number of nitrogens with one attached hydrogen (secondary N) is 1. The molecule has 5 nitrogen and oxygen atoms in total. The van der Waals surface area contributed by atoms with Crippen molar-refractivity contribution >= 4 is 21.6 Å². The molecule has 0 unspecified atom stereocenters. The first kappa shape index (κ1) is 19.9. The van der Waals surface area contributed by atoms with Crippen LogP contribution in [0.3, 0.4) is 0 Å². The van der Waals surface area contributed by atoms with Gasteiger partial charge in [-0.05, 0) is 29.8 Å². The van der Waals surface area contributed by atoms with Crippen molar-refractivity contribution in [1.82, 2.24) is 4.31 Å². The van der Waals surface area contributed by atoms with Gasteiger partial charge in [-0.25, -0.2) is 12.7 Å². The minimum absolute atomic E-state index is 0.000584. The Hall–Kier alpha value is -2.39. The van der Waals surface area contributed by atoms with Crippen molar-refractivity contribution in [1.29, 1.82) is 0 Å². The van der Waals surface area contributed by atoms with Gasteiger partial charge in [-0.3, -0.25) is 4.79 Å². The lowest BCUT2D eigenvalue weighted by Crippen LogP contribution is -2.22. The first-order chi connectivity index (χ1) is 12.0. The van der Waals surface area contributed by atoms with Gasteiger partial charge in [-0.2, -0.15) is 13.2 Å². The summed E-state index contributed by atoms with van der Waals surface area (Å²) in [4.78, 5) is 12.1. The molecule has 1 amide bonds. The molecule has 0 aromatic heterocycles. The second-order valence-electron chi connectivity index (χ2n) is 5.74. The molecule has 26 heavy (non-hydrogen) atoms. The number of hydrogen-bond acceptors (Lipinski definition) is 3. The third kappa shape index (κ3) is 4.83. The molecule has 0 saturated carbocycles. The number of nitrogens with zero attached hydrogens (tertiary/aromatic N) is 1. The summed E-state index contributed by atoms with van der Waals surface area (Å²) in [7, 11) is -0.893. The third-order valence-electron chi connectivity index (χ3n) is 3.52. The summed E-state index contributed by atoms with van der Waals surface area (Å²) in [6, 6.07) is 10.1. The zero-order valence-corrected chi connectivity index (χ0v) is 14.9. The van der Waals surface area contributed by atoms with E-state index in [1.54, 1.807) is 0 Å². The fourth-order valence-electron chi connectivity index (χ4n) is 2.19. The molecule has 0 spiro atoms. The quantitative estimate of drug-likeness (QED) is 0.859. The second-order valence-corrected chi connectivity index (χ2v) is 7.89. The second kappa shape index (κ2) is 7.46. The van der Waals surface area contributed by atoms with Crippen LogP contribution in [0, 0.1) is 0 Å². The molecule has 0 radical (unpaired) electrons. The maximum atomic E-state index is 12.7. The van der Waals surface area contributed by atoms with Crippen molar-refractivity contribution in [3.05, 3.63) is 59.7 Å². The standard InChI is InChI=1S/C17H17F3N2O3S/c1-22(2)26(24,25)15-8-4-7-14(11-15)21-16(23)10-12-5-3-6-13(9-12)17(18,19)20/h3-9,11H,10H2,1-2H3,(H,21,23). The van der Waals surface area contributed by atoms with Crippen LogP contribution >= 0.6 is 0 Å². The van der Waals surface area contributed by atoms with Crippen LogP contribution in [0.2, 0.25) is 0 Å². The highest BCUT2D eigenvalue weighted by Gasteiger charge is 2.30. The van der Waals surface area contributed by atoms with Crippen molar-refractivity contribution < 1.29 is 26.4 Å². The first-order valence-corrected chi connectivity index (χ1v) is 8.93.